The highest BCUT2D eigenvalue weighted by molar-refractivity contribution is 5.94. The highest BCUT2D eigenvalue weighted by Crippen LogP contribution is 2.34. The molecule has 0 spiro atoms. The highest BCUT2D eigenvalue weighted by Gasteiger charge is 2.40. The van der Waals surface area contributed by atoms with Crippen LogP contribution in [0.1, 0.15) is 34.0 Å². The van der Waals surface area contributed by atoms with E-state index in [9.17, 15) is 18.0 Å². The Morgan fingerprint density at radius 3 is 2.48 bits per heavy atom. The van der Waals surface area contributed by atoms with Crippen LogP contribution in [0.3, 0.4) is 0 Å². The number of fused-ring (bicyclic) bond motifs is 2. The van der Waals surface area contributed by atoms with Crippen molar-refractivity contribution in [3.8, 4) is 0 Å². The molecule has 0 aliphatic carbocycles. The number of anilines is 2. The van der Waals surface area contributed by atoms with Crippen molar-refractivity contribution in [2.45, 2.75) is 32.1 Å². The number of aryl methyl sites for hydroxylation is 1. The van der Waals surface area contributed by atoms with Crippen LogP contribution in [0.2, 0.25) is 0 Å². The average Bonchev–Trinajstić information content (AvgIpc) is 3.22. The van der Waals surface area contributed by atoms with Gasteiger partial charge in [-0.1, -0.05) is 18.2 Å². The lowest BCUT2D eigenvalue weighted by atomic mass is 10.0. The molecule has 0 saturated heterocycles. The van der Waals surface area contributed by atoms with Crippen molar-refractivity contribution in [1.29, 1.82) is 0 Å². The largest absolute Gasteiger partial charge is 0.451 e. The van der Waals surface area contributed by atoms with Crippen LogP contribution < -0.4 is 4.90 Å². The first kappa shape index (κ1) is 19.6. The molecule has 2 aromatic carbocycles. The molecular formula is C22H20F3N5O. The first-order valence-corrected chi connectivity index (χ1v) is 10.2. The molecule has 3 heterocycles. The molecule has 0 N–H and O–H groups in total. The zero-order valence-corrected chi connectivity index (χ0v) is 16.6. The standard InChI is InChI=1S/C22H20F3N5O/c23-22(24,25)21-27-26-19-14-28(12-13-30(19)21)20(31)16-7-9-17(10-8-16)29-11-3-5-15-4-1-2-6-18(15)29/h1-2,4,6-10H,3,5,11-14H2. The maximum atomic E-state index is 13.0. The van der Waals surface area contributed by atoms with Crippen molar-refractivity contribution in [2.24, 2.45) is 0 Å². The van der Waals surface area contributed by atoms with E-state index >= 15 is 0 Å². The number of carbonyl (C=O) groups excluding carboxylic acids is 1. The van der Waals surface area contributed by atoms with E-state index in [4.69, 9.17) is 0 Å². The van der Waals surface area contributed by atoms with Crippen LogP contribution in [0.15, 0.2) is 48.5 Å². The lowest BCUT2D eigenvalue weighted by molar-refractivity contribution is -0.147. The summed E-state index contributed by atoms with van der Waals surface area (Å²) in [7, 11) is 0. The zero-order valence-electron chi connectivity index (χ0n) is 16.6. The maximum absolute atomic E-state index is 13.0. The van der Waals surface area contributed by atoms with E-state index in [1.165, 1.54) is 16.2 Å². The normalized spacial score (nSPS) is 16.1. The van der Waals surface area contributed by atoms with Crippen LogP contribution in [0.5, 0.6) is 0 Å². The number of carbonyl (C=O) groups is 1. The Kier molecular flexibility index (Phi) is 4.68. The molecule has 0 saturated carbocycles. The molecular weight excluding hydrogens is 407 g/mol. The number of benzene rings is 2. The fraction of sp³-hybridized carbons (Fsp3) is 0.318. The van der Waals surface area contributed by atoms with Gasteiger partial charge in [-0.15, -0.1) is 10.2 Å². The third kappa shape index (κ3) is 3.54. The van der Waals surface area contributed by atoms with Crippen LogP contribution in [0, 0.1) is 0 Å². The van der Waals surface area contributed by atoms with Crippen molar-refractivity contribution in [2.75, 3.05) is 18.0 Å². The molecule has 2 aliphatic heterocycles. The Bertz CT molecular complexity index is 1120. The van der Waals surface area contributed by atoms with Crippen molar-refractivity contribution in [3.05, 3.63) is 71.3 Å². The van der Waals surface area contributed by atoms with Gasteiger partial charge in [0.05, 0.1) is 6.54 Å². The Balaban J connectivity index is 1.33. The smallest absolute Gasteiger partial charge is 0.341 e. The molecule has 1 aromatic heterocycles. The minimum Gasteiger partial charge on any atom is -0.341 e. The second-order valence-corrected chi connectivity index (χ2v) is 7.75. The number of alkyl halides is 3. The number of para-hydroxylation sites is 1. The Morgan fingerprint density at radius 1 is 0.935 bits per heavy atom. The van der Waals surface area contributed by atoms with Crippen molar-refractivity contribution in [1.82, 2.24) is 19.7 Å². The van der Waals surface area contributed by atoms with Gasteiger partial charge in [-0.05, 0) is 48.7 Å². The summed E-state index contributed by atoms with van der Waals surface area (Å²) in [6.07, 6.45) is -2.44. The number of hydrogen-bond donors (Lipinski definition) is 0. The monoisotopic (exact) mass is 427 g/mol. The summed E-state index contributed by atoms with van der Waals surface area (Å²) in [5.74, 6) is -1.09. The molecule has 6 nitrogen and oxygen atoms in total. The Labute approximate surface area is 176 Å². The molecule has 3 aromatic rings. The average molecular weight is 427 g/mol. The van der Waals surface area contributed by atoms with Gasteiger partial charge in [0.2, 0.25) is 5.82 Å². The second-order valence-electron chi connectivity index (χ2n) is 7.75. The van der Waals surface area contributed by atoms with E-state index in [-0.39, 0.29) is 31.4 Å². The first-order chi connectivity index (χ1) is 14.9. The summed E-state index contributed by atoms with van der Waals surface area (Å²) in [5.41, 5.74) is 4.00. The molecule has 31 heavy (non-hydrogen) atoms. The summed E-state index contributed by atoms with van der Waals surface area (Å²) >= 11 is 0. The molecule has 5 rings (SSSR count). The van der Waals surface area contributed by atoms with Gasteiger partial charge >= 0.3 is 6.18 Å². The second kappa shape index (κ2) is 7.40. The molecule has 0 radical (unpaired) electrons. The number of rotatable bonds is 2. The first-order valence-electron chi connectivity index (χ1n) is 10.2. The van der Waals surface area contributed by atoms with Crippen molar-refractivity contribution in [3.63, 3.8) is 0 Å². The quantitative estimate of drug-likeness (QED) is 0.620. The number of hydrogen-bond acceptors (Lipinski definition) is 4. The topological polar surface area (TPSA) is 54.3 Å². The minimum atomic E-state index is -4.56. The van der Waals surface area contributed by atoms with Gasteiger partial charge < -0.3 is 14.4 Å². The van der Waals surface area contributed by atoms with E-state index in [0.717, 1.165) is 29.6 Å². The predicted molar refractivity (Wildman–Crippen MR) is 108 cm³/mol. The summed E-state index contributed by atoms with van der Waals surface area (Å²) in [6.45, 7) is 1.11. The van der Waals surface area contributed by atoms with Crippen LogP contribution in [0.4, 0.5) is 24.5 Å². The van der Waals surface area contributed by atoms with Crippen LogP contribution in [0.25, 0.3) is 0 Å². The van der Waals surface area contributed by atoms with E-state index in [2.05, 4.69) is 27.2 Å². The maximum Gasteiger partial charge on any atom is 0.451 e. The third-order valence-corrected chi connectivity index (χ3v) is 5.83. The highest BCUT2D eigenvalue weighted by atomic mass is 19.4. The molecule has 2 aliphatic rings. The van der Waals surface area contributed by atoms with Crippen molar-refractivity contribution >= 4 is 17.3 Å². The molecule has 0 unspecified atom stereocenters. The van der Waals surface area contributed by atoms with E-state index < -0.39 is 12.0 Å². The number of nitrogens with zero attached hydrogens (tertiary/aromatic N) is 5. The lowest BCUT2D eigenvalue weighted by Crippen LogP contribution is -2.39. The van der Waals surface area contributed by atoms with E-state index in [1.807, 2.05) is 24.3 Å². The molecule has 9 heteroatoms. The number of aromatic nitrogens is 3. The molecule has 0 fully saturated rings. The molecule has 0 atom stereocenters. The van der Waals surface area contributed by atoms with Crippen LogP contribution >= 0.6 is 0 Å². The molecule has 1 amide bonds. The fourth-order valence-corrected chi connectivity index (χ4v) is 4.31. The van der Waals surface area contributed by atoms with Crippen LogP contribution in [-0.4, -0.2) is 38.7 Å². The summed E-state index contributed by atoms with van der Waals surface area (Å²) in [4.78, 5) is 16.7. The molecule has 0 bridgehead atoms. The number of halogens is 3. The lowest BCUT2D eigenvalue weighted by Gasteiger charge is -2.31. The van der Waals surface area contributed by atoms with Gasteiger partial charge in [0, 0.05) is 36.6 Å². The van der Waals surface area contributed by atoms with Gasteiger partial charge in [0.15, 0.2) is 5.82 Å². The summed E-state index contributed by atoms with van der Waals surface area (Å²) in [6, 6.07) is 15.7. The van der Waals surface area contributed by atoms with Crippen LogP contribution in [-0.2, 0) is 25.7 Å². The minimum absolute atomic E-state index is 0.00314. The van der Waals surface area contributed by atoms with E-state index in [0.29, 0.717) is 5.56 Å². The Hall–Kier alpha value is -3.36. The van der Waals surface area contributed by atoms with Gasteiger partial charge in [-0.25, -0.2) is 0 Å². The van der Waals surface area contributed by atoms with Crippen molar-refractivity contribution < 1.29 is 18.0 Å². The van der Waals surface area contributed by atoms with Gasteiger partial charge in [0.25, 0.3) is 5.91 Å². The van der Waals surface area contributed by atoms with Gasteiger partial charge in [-0.3, -0.25) is 4.79 Å². The zero-order chi connectivity index (χ0) is 21.6. The summed E-state index contributed by atoms with van der Waals surface area (Å²) in [5, 5.41) is 6.90. The summed E-state index contributed by atoms with van der Waals surface area (Å²) < 4.78 is 40.1. The van der Waals surface area contributed by atoms with E-state index in [1.54, 1.807) is 12.1 Å². The third-order valence-electron chi connectivity index (χ3n) is 5.83. The van der Waals surface area contributed by atoms with Gasteiger partial charge in [0.1, 0.15) is 0 Å². The predicted octanol–water partition coefficient (Wildman–Crippen LogP) is 4.04. The Morgan fingerprint density at radius 2 is 1.71 bits per heavy atom. The molecule has 160 valence electrons. The van der Waals surface area contributed by atoms with Gasteiger partial charge in [-0.2, -0.15) is 13.2 Å². The fourth-order valence-electron chi connectivity index (χ4n) is 4.31. The number of amides is 1. The SMILES string of the molecule is O=C(c1ccc(N2CCCc3ccccc32)cc1)N1CCn2c(nnc2C(F)(F)F)C1.